The molecule has 0 radical (unpaired) electrons. The predicted molar refractivity (Wildman–Crippen MR) is 276 cm³/mol. The molecule has 6 heteroatoms. The fourth-order valence-corrected chi connectivity index (χ4v) is 11.0. The third-order valence-corrected chi connectivity index (χ3v) is 14.3. The standard InChI is InChI=1S/C61H48N4O2/c1-60(2,3)39-31-32-62-56(33-39)65-50-23-13-10-19-43(50)44-28-27-40(35-53(44)65)66-41-34-47-45-20-11-16-26-55(45)67-59(47)54(36-41)63-37-64(52-25-15-14-24-51(52)63)58-42(38-17-7-6-8-18-38)29-30-49-57(58)46-21-9-12-22-48(46)61(49,4)5/h6-36H,37H2,1-5H3. The van der Waals surface area contributed by atoms with E-state index in [0.29, 0.717) is 6.67 Å². The Morgan fingerprint density at radius 2 is 1.27 bits per heavy atom. The number of hydrogen-bond acceptors (Lipinski definition) is 5. The lowest BCUT2D eigenvalue weighted by Gasteiger charge is -2.28. The van der Waals surface area contributed by atoms with Gasteiger partial charge in [-0.05, 0) is 87.8 Å². The van der Waals surface area contributed by atoms with Crippen molar-refractivity contribution >= 4 is 66.5 Å². The van der Waals surface area contributed by atoms with E-state index in [1.165, 1.54) is 50.0 Å². The van der Waals surface area contributed by atoms with E-state index in [4.69, 9.17) is 14.1 Å². The molecule has 0 amide bonds. The van der Waals surface area contributed by atoms with Crippen LogP contribution in [0.15, 0.2) is 193 Å². The first-order valence-electron chi connectivity index (χ1n) is 23.2. The summed E-state index contributed by atoms with van der Waals surface area (Å²) in [6.07, 6.45) is 1.92. The highest BCUT2D eigenvalue weighted by atomic mass is 16.5. The van der Waals surface area contributed by atoms with Gasteiger partial charge in [-0.2, -0.15) is 0 Å². The minimum Gasteiger partial charge on any atom is -0.457 e. The van der Waals surface area contributed by atoms with Crippen LogP contribution < -0.4 is 14.5 Å². The summed E-state index contributed by atoms with van der Waals surface area (Å²) >= 11 is 0. The minimum atomic E-state index is -0.161. The normalized spacial score (nSPS) is 14.0. The lowest BCUT2D eigenvalue weighted by Crippen LogP contribution is -2.25. The highest BCUT2D eigenvalue weighted by molar-refractivity contribution is 6.12. The van der Waals surface area contributed by atoms with Crippen molar-refractivity contribution < 1.29 is 9.15 Å². The summed E-state index contributed by atoms with van der Waals surface area (Å²) in [5, 5.41) is 4.35. The zero-order valence-corrected chi connectivity index (χ0v) is 38.2. The molecule has 13 rings (SSSR count). The van der Waals surface area contributed by atoms with Gasteiger partial charge in [0, 0.05) is 56.4 Å². The number of rotatable bonds is 6. The molecule has 0 saturated heterocycles. The zero-order chi connectivity index (χ0) is 45.2. The molecule has 6 nitrogen and oxygen atoms in total. The van der Waals surface area contributed by atoms with E-state index in [1.807, 2.05) is 12.3 Å². The van der Waals surface area contributed by atoms with Gasteiger partial charge in [0.05, 0.1) is 33.8 Å². The van der Waals surface area contributed by atoms with E-state index >= 15 is 0 Å². The number of nitrogens with zero attached hydrogens (tertiary/aromatic N) is 4. The van der Waals surface area contributed by atoms with Gasteiger partial charge in [-0.1, -0.05) is 150 Å². The van der Waals surface area contributed by atoms with Gasteiger partial charge in [-0.3, -0.25) is 4.57 Å². The molecule has 0 bridgehead atoms. The van der Waals surface area contributed by atoms with Crippen molar-refractivity contribution in [2.75, 3.05) is 16.5 Å². The van der Waals surface area contributed by atoms with Crippen LogP contribution in [0.4, 0.5) is 22.7 Å². The molecule has 0 saturated carbocycles. The molecule has 2 aliphatic rings. The van der Waals surface area contributed by atoms with E-state index in [1.54, 1.807) is 0 Å². The third-order valence-electron chi connectivity index (χ3n) is 14.3. The Morgan fingerprint density at radius 1 is 0.552 bits per heavy atom. The highest BCUT2D eigenvalue weighted by Crippen LogP contribution is 2.58. The van der Waals surface area contributed by atoms with Crippen molar-refractivity contribution in [3.8, 4) is 39.6 Å². The van der Waals surface area contributed by atoms with Crippen LogP contribution >= 0.6 is 0 Å². The second-order valence-electron chi connectivity index (χ2n) is 19.6. The fraction of sp³-hybridized carbons (Fsp3) is 0.131. The topological polar surface area (TPSA) is 46.7 Å². The first-order chi connectivity index (χ1) is 32.6. The quantitative estimate of drug-likeness (QED) is 0.167. The smallest absolute Gasteiger partial charge is 0.159 e. The van der Waals surface area contributed by atoms with Gasteiger partial charge < -0.3 is 19.0 Å². The Bertz CT molecular complexity index is 3800. The third kappa shape index (κ3) is 5.99. The summed E-state index contributed by atoms with van der Waals surface area (Å²) in [5.41, 5.74) is 16.8. The molecule has 0 N–H and O–H groups in total. The van der Waals surface area contributed by atoms with E-state index in [0.717, 1.165) is 72.7 Å². The molecule has 4 heterocycles. The molecule has 1 aliphatic heterocycles. The van der Waals surface area contributed by atoms with Crippen LogP contribution in [0.5, 0.6) is 11.5 Å². The number of para-hydroxylation sites is 4. The average Bonchev–Trinajstić information content (AvgIpc) is 4.08. The van der Waals surface area contributed by atoms with Crippen LogP contribution in [-0.2, 0) is 10.8 Å². The zero-order valence-electron chi connectivity index (χ0n) is 38.2. The average molecular weight is 869 g/mol. The monoisotopic (exact) mass is 868 g/mol. The van der Waals surface area contributed by atoms with E-state index < -0.39 is 0 Å². The molecule has 1 aliphatic carbocycles. The summed E-state index contributed by atoms with van der Waals surface area (Å²) in [6, 6.07) is 65.2. The number of pyridine rings is 1. The van der Waals surface area contributed by atoms with Crippen LogP contribution in [-0.4, -0.2) is 16.2 Å². The van der Waals surface area contributed by atoms with Crippen LogP contribution in [0.2, 0.25) is 0 Å². The Morgan fingerprint density at radius 3 is 2.10 bits per heavy atom. The van der Waals surface area contributed by atoms with Gasteiger partial charge in [0.25, 0.3) is 0 Å². The minimum absolute atomic E-state index is 0.0289. The molecule has 0 fully saturated rings. The van der Waals surface area contributed by atoms with Gasteiger partial charge >= 0.3 is 0 Å². The Kier molecular flexibility index (Phi) is 8.48. The number of aromatic nitrogens is 2. The molecule has 11 aromatic rings. The van der Waals surface area contributed by atoms with Gasteiger partial charge in [-0.15, -0.1) is 0 Å². The van der Waals surface area contributed by atoms with Crippen molar-refractivity contribution in [3.63, 3.8) is 0 Å². The van der Waals surface area contributed by atoms with E-state index in [-0.39, 0.29) is 10.8 Å². The molecule has 0 unspecified atom stereocenters. The molecule has 67 heavy (non-hydrogen) atoms. The van der Waals surface area contributed by atoms with Crippen molar-refractivity contribution in [2.24, 2.45) is 0 Å². The number of ether oxygens (including phenoxy) is 1. The molecular weight excluding hydrogens is 821 g/mol. The fourth-order valence-electron chi connectivity index (χ4n) is 11.0. The first-order valence-corrected chi connectivity index (χ1v) is 23.2. The van der Waals surface area contributed by atoms with E-state index in [2.05, 4.69) is 225 Å². The van der Waals surface area contributed by atoms with E-state index in [9.17, 15) is 0 Å². The molecule has 0 spiro atoms. The number of anilines is 4. The van der Waals surface area contributed by atoms with Crippen LogP contribution in [0.3, 0.4) is 0 Å². The maximum atomic E-state index is 7.06. The first kappa shape index (κ1) is 39.3. The summed E-state index contributed by atoms with van der Waals surface area (Å²) < 4.78 is 16.2. The number of fused-ring (bicyclic) bond motifs is 10. The SMILES string of the molecule is CC(C)(C)c1ccnc(-n2c3ccccc3c3ccc(Oc4cc(N5CN(c6c(-c7ccccc7)ccc7c6-c6ccccc6C7(C)C)c6ccccc65)c5oc6ccccc6c5c4)cc32)c1. The van der Waals surface area contributed by atoms with Crippen molar-refractivity contribution in [2.45, 2.75) is 45.4 Å². The number of furan rings is 1. The van der Waals surface area contributed by atoms with Crippen molar-refractivity contribution in [1.82, 2.24) is 9.55 Å². The maximum Gasteiger partial charge on any atom is 0.159 e. The lowest BCUT2D eigenvalue weighted by molar-refractivity contribution is 0.484. The number of hydrogen-bond donors (Lipinski definition) is 0. The molecule has 324 valence electrons. The second kappa shape index (κ2) is 14.5. The summed E-state index contributed by atoms with van der Waals surface area (Å²) in [7, 11) is 0. The van der Waals surface area contributed by atoms with Gasteiger partial charge in [0.2, 0.25) is 0 Å². The van der Waals surface area contributed by atoms with Gasteiger partial charge in [0.15, 0.2) is 5.58 Å². The summed E-state index contributed by atoms with van der Waals surface area (Å²) in [4.78, 5) is 9.86. The molecule has 8 aromatic carbocycles. The molecule has 0 atom stereocenters. The molecular formula is C61H48N4O2. The summed E-state index contributed by atoms with van der Waals surface area (Å²) in [5.74, 6) is 2.34. The molecule has 3 aromatic heterocycles. The largest absolute Gasteiger partial charge is 0.457 e. The van der Waals surface area contributed by atoms with Crippen LogP contribution in [0, 0.1) is 0 Å². The second-order valence-corrected chi connectivity index (χ2v) is 19.6. The number of benzene rings is 8. The van der Waals surface area contributed by atoms with Gasteiger partial charge in [-0.25, -0.2) is 4.98 Å². The maximum absolute atomic E-state index is 7.06. The van der Waals surface area contributed by atoms with Gasteiger partial charge in [0.1, 0.15) is 29.6 Å². The highest BCUT2D eigenvalue weighted by Gasteiger charge is 2.41. The Balaban J connectivity index is 0.984. The lowest BCUT2D eigenvalue weighted by atomic mass is 9.82. The summed E-state index contributed by atoms with van der Waals surface area (Å²) in [6.45, 7) is 12.0. The van der Waals surface area contributed by atoms with Crippen molar-refractivity contribution in [1.29, 1.82) is 0 Å². The Hall–Kier alpha value is -8.09. The van der Waals surface area contributed by atoms with Crippen molar-refractivity contribution in [3.05, 3.63) is 205 Å². The van der Waals surface area contributed by atoms with Crippen LogP contribution in [0.25, 0.3) is 71.8 Å². The van der Waals surface area contributed by atoms with Crippen LogP contribution in [0.1, 0.15) is 51.3 Å². The Labute approximate surface area is 389 Å². The predicted octanol–water partition coefficient (Wildman–Crippen LogP) is 16.4.